The largest absolute Gasteiger partial charge is 0.337 e. The molecule has 2 aromatic rings. The predicted molar refractivity (Wildman–Crippen MR) is 109 cm³/mol. The molecule has 0 bridgehead atoms. The molecule has 0 saturated heterocycles. The maximum atomic E-state index is 2.61. The standard InChI is InChI=1S/C24H29N/c1-4-17(2)16-23-18(3)25(20-11-6-5-7-12-20)24-21-13-9-8-10-19(21)14-15-22(23)24/h5-7,9,11-15,17-18,23H,4,8,10,16H2,1-3H3. The van der Waals surface area contributed by atoms with E-state index in [0.29, 0.717) is 12.0 Å². The van der Waals surface area contributed by atoms with Crippen molar-refractivity contribution in [3.63, 3.8) is 0 Å². The number of fused-ring (bicyclic) bond motifs is 3. The lowest BCUT2D eigenvalue weighted by Gasteiger charge is -2.30. The molecule has 1 nitrogen and oxygen atoms in total. The van der Waals surface area contributed by atoms with Crippen molar-refractivity contribution in [2.45, 2.75) is 58.4 Å². The Morgan fingerprint density at radius 2 is 1.92 bits per heavy atom. The number of aryl methyl sites for hydroxylation is 1. The molecule has 3 unspecified atom stereocenters. The molecule has 1 heteroatoms. The molecular weight excluding hydrogens is 302 g/mol. The molecule has 0 aromatic heterocycles. The number of para-hydroxylation sites is 1. The van der Waals surface area contributed by atoms with Crippen LogP contribution in [0, 0.1) is 5.92 Å². The summed E-state index contributed by atoms with van der Waals surface area (Å²) in [5, 5.41) is 0. The average molecular weight is 332 g/mol. The summed E-state index contributed by atoms with van der Waals surface area (Å²) in [5.74, 6) is 1.38. The fourth-order valence-electron chi connectivity index (χ4n) is 4.60. The van der Waals surface area contributed by atoms with E-state index in [1.165, 1.54) is 48.2 Å². The van der Waals surface area contributed by atoms with E-state index in [1.807, 2.05) is 0 Å². The van der Waals surface area contributed by atoms with E-state index in [4.69, 9.17) is 0 Å². The van der Waals surface area contributed by atoms with Crippen LogP contribution >= 0.6 is 0 Å². The second kappa shape index (κ2) is 6.71. The minimum absolute atomic E-state index is 0.508. The highest BCUT2D eigenvalue weighted by molar-refractivity contribution is 5.83. The van der Waals surface area contributed by atoms with Gasteiger partial charge in [0.2, 0.25) is 0 Å². The van der Waals surface area contributed by atoms with Gasteiger partial charge >= 0.3 is 0 Å². The normalized spacial score (nSPS) is 22.6. The molecule has 4 rings (SSSR count). The zero-order valence-corrected chi connectivity index (χ0v) is 15.7. The van der Waals surface area contributed by atoms with Crippen LogP contribution in [0.25, 0.3) is 6.08 Å². The average Bonchev–Trinajstić information content (AvgIpc) is 2.94. The Labute approximate surface area is 152 Å². The number of hydrogen-bond acceptors (Lipinski definition) is 1. The van der Waals surface area contributed by atoms with Crippen molar-refractivity contribution in [1.29, 1.82) is 0 Å². The molecule has 2 aromatic carbocycles. The molecule has 0 saturated carbocycles. The van der Waals surface area contributed by atoms with E-state index in [9.17, 15) is 0 Å². The molecule has 0 spiro atoms. The molecular formula is C24H29N. The van der Waals surface area contributed by atoms with Crippen LogP contribution in [0.5, 0.6) is 0 Å². The van der Waals surface area contributed by atoms with Crippen molar-refractivity contribution in [3.8, 4) is 0 Å². The molecule has 130 valence electrons. The molecule has 0 N–H and O–H groups in total. The van der Waals surface area contributed by atoms with Gasteiger partial charge in [0.15, 0.2) is 0 Å². The molecule has 0 radical (unpaired) electrons. The zero-order chi connectivity index (χ0) is 17.4. The monoisotopic (exact) mass is 331 g/mol. The first kappa shape index (κ1) is 16.4. The van der Waals surface area contributed by atoms with Crippen LogP contribution in [0.4, 0.5) is 11.4 Å². The maximum absolute atomic E-state index is 2.61. The van der Waals surface area contributed by atoms with E-state index in [2.05, 4.69) is 80.3 Å². The summed E-state index contributed by atoms with van der Waals surface area (Å²) in [6, 6.07) is 16.3. The van der Waals surface area contributed by atoms with E-state index < -0.39 is 0 Å². The number of nitrogens with zero attached hydrogens (tertiary/aromatic N) is 1. The molecule has 1 aliphatic carbocycles. The Morgan fingerprint density at radius 1 is 1.12 bits per heavy atom. The highest BCUT2D eigenvalue weighted by Gasteiger charge is 2.38. The summed E-state index contributed by atoms with van der Waals surface area (Å²) < 4.78 is 0. The lowest BCUT2D eigenvalue weighted by Crippen LogP contribution is -2.28. The van der Waals surface area contributed by atoms with Crippen molar-refractivity contribution < 1.29 is 0 Å². The molecule has 0 fully saturated rings. The van der Waals surface area contributed by atoms with Crippen LogP contribution in [0.15, 0.2) is 48.5 Å². The van der Waals surface area contributed by atoms with Gasteiger partial charge in [-0.25, -0.2) is 0 Å². The van der Waals surface area contributed by atoms with E-state index >= 15 is 0 Å². The van der Waals surface area contributed by atoms with Crippen molar-refractivity contribution in [3.05, 3.63) is 65.2 Å². The third kappa shape index (κ3) is 2.80. The summed E-state index contributed by atoms with van der Waals surface area (Å²) in [7, 11) is 0. The number of hydrogen-bond donors (Lipinski definition) is 0. The van der Waals surface area contributed by atoms with Gasteiger partial charge in [-0.1, -0.05) is 62.8 Å². The first-order valence-electron chi connectivity index (χ1n) is 9.87. The van der Waals surface area contributed by atoms with Crippen LogP contribution in [-0.2, 0) is 6.42 Å². The fraction of sp³-hybridized carbons (Fsp3) is 0.417. The number of anilines is 2. The Bertz CT molecular complexity index is 774. The molecule has 2 aliphatic rings. The van der Waals surface area contributed by atoms with Crippen molar-refractivity contribution >= 4 is 17.5 Å². The lowest BCUT2D eigenvalue weighted by atomic mass is 9.84. The predicted octanol–water partition coefficient (Wildman–Crippen LogP) is 6.71. The second-order valence-corrected chi connectivity index (χ2v) is 7.82. The van der Waals surface area contributed by atoms with Gasteiger partial charge in [0, 0.05) is 23.2 Å². The summed E-state index contributed by atoms with van der Waals surface area (Å²) in [6.07, 6.45) is 9.59. The van der Waals surface area contributed by atoms with Gasteiger partial charge in [-0.15, -0.1) is 0 Å². The Morgan fingerprint density at radius 3 is 2.68 bits per heavy atom. The highest BCUT2D eigenvalue weighted by atomic mass is 15.2. The minimum atomic E-state index is 0.508. The number of benzene rings is 2. The maximum Gasteiger partial charge on any atom is 0.0525 e. The number of allylic oxidation sites excluding steroid dienone is 1. The highest BCUT2D eigenvalue weighted by Crippen LogP contribution is 2.51. The van der Waals surface area contributed by atoms with Gasteiger partial charge in [0.1, 0.15) is 0 Å². The molecule has 1 heterocycles. The Kier molecular flexibility index (Phi) is 4.41. The van der Waals surface area contributed by atoms with Gasteiger partial charge in [-0.2, -0.15) is 0 Å². The quantitative estimate of drug-likeness (QED) is 0.602. The van der Waals surface area contributed by atoms with Gasteiger partial charge in [-0.3, -0.25) is 0 Å². The SMILES string of the molecule is CCC(C)CC1c2ccc3c(c2N(c2ccccc2)C1C)C=CCC3. The van der Waals surface area contributed by atoms with E-state index in [0.717, 1.165) is 5.92 Å². The van der Waals surface area contributed by atoms with Gasteiger partial charge in [0.05, 0.1) is 5.69 Å². The van der Waals surface area contributed by atoms with E-state index in [-0.39, 0.29) is 0 Å². The summed E-state index contributed by atoms with van der Waals surface area (Å²) in [5.41, 5.74) is 7.34. The first-order valence-corrected chi connectivity index (χ1v) is 9.87. The second-order valence-electron chi connectivity index (χ2n) is 7.82. The van der Waals surface area contributed by atoms with Crippen LogP contribution in [0.1, 0.15) is 62.6 Å². The molecule has 0 amide bonds. The van der Waals surface area contributed by atoms with E-state index in [1.54, 1.807) is 5.56 Å². The fourth-order valence-corrected chi connectivity index (χ4v) is 4.60. The van der Waals surface area contributed by atoms with Gasteiger partial charge in [-0.05, 0) is 55.4 Å². The topological polar surface area (TPSA) is 3.24 Å². The first-order chi connectivity index (χ1) is 12.2. The summed E-state index contributed by atoms with van der Waals surface area (Å²) in [6.45, 7) is 7.13. The smallest absolute Gasteiger partial charge is 0.0525 e. The third-order valence-electron chi connectivity index (χ3n) is 6.22. The van der Waals surface area contributed by atoms with Crippen LogP contribution < -0.4 is 4.90 Å². The van der Waals surface area contributed by atoms with Crippen LogP contribution in [0.2, 0.25) is 0 Å². The van der Waals surface area contributed by atoms with Crippen molar-refractivity contribution in [1.82, 2.24) is 0 Å². The van der Waals surface area contributed by atoms with Crippen molar-refractivity contribution in [2.75, 3.05) is 4.90 Å². The lowest BCUT2D eigenvalue weighted by molar-refractivity contribution is 0.431. The molecule has 25 heavy (non-hydrogen) atoms. The van der Waals surface area contributed by atoms with Crippen LogP contribution in [-0.4, -0.2) is 6.04 Å². The Hall–Kier alpha value is -2.02. The summed E-state index contributed by atoms with van der Waals surface area (Å²) in [4.78, 5) is 2.61. The third-order valence-corrected chi connectivity index (χ3v) is 6.22. The summed E-state index contributed by atoms with van der Waals surface area (Å²) >= 11 is 0. The van der Waals surface area contributed by atoms with Crippen molar-refractivity contribution in [2.24, 2.45) is 5.92 Å². The number of rotatable bonds is 4. The zero-order valence-electron chi connectivity index (χ0n) is 15.7. The molecule has 1 aliphatic heterocycles. The van der Waals surface area contributed by atoms with Crippen LogP contribution in [0.3, 0.4) is 0 Å². The van der Waals surface area contributed by atoms with Gasteiger partial charge < -0.3 is 4.90 Å². The Balaban J connectivity index is 1.87. The van der Waals surface area contributed by atoms with Gasteiger partial charge in [0.25, 0.3) is 0 Å². The molecule has 3 atom stereocenters. The minimum Gasteiger partial charge on any atom is -0.337 e.